The molecule has 1 aliphatic heterocycles. The van der Waals surface area contributed by atoms with Gasteiger partial charge in [0.05, 0.1) is 11.0 Å². The van der Waals surface area contributed by atoms with E-state index in [2.05, 4.69) is 5.32 Å². The molecule has 1 N–H and O–H groups in total. The Hall–Kier alpha value is -3.09. The number of benzene rings is 2. The van der Waals surface area contributed by atoms with E-state index < -0.39 is 4.92 Å². The minimum Gasteiger partial charge on any atom is -0.486 e. The predicted molar refractivity (Wildman–Crippen MR) is 86.4 cm³/mol. The van der Waals surface area contributed by atoms with Crippen LogP contribution in [-0.4, -0.2) is 29.6 Å². The van der Waals surface area contributed by atoms with Gasteiger partial charge in [0.2, 0.25) is 0 Å². The van der Waals surface area contributed by atoms with E-state index in [1.807, 2.05) is 31.2 Å². The molecule has 1 amide bonds. The van der Waals surface area contributed by atoms with Gasteiger partial charge in [-0.1, -0.05) is 12.1 Å². The molecule has 2 aromatic carbocycles. The summed E-state index contributed by atoms with van der Waals surface area (Å²) in [6.07, 6.45) is -0.318. The van der Waals surface area contributed by atoms with Crippen LogP contribution in [0.2, 0.25) is 0 Å². The van der Waals surface area contributed by atoms with Crippen molar-refractivity contribution >= 4 is 11.6 Å². The molecule has 0 fully saturated rings. The van der Waals surface area contributed by atoms with Crippen LogP contribution in [-0.2, 0) is 0 Å². The fourth-order valence-electron chi connectivity index (χ4n) is 2.40. The zero-order valence-corrected chi connectivity index (χ0v) is 13.0. The van der Waals surface area contributed by atoms with Gasteiger partial charge in [0.15, 0.2) is 17.6 Å². The highest BCUT2D eigenvalue weighted by Crippen LogP contribution is 2.31. The van der Waals surface area contributed by atoms with Crippen molar-refractivity contribution in [3.8, 4) is 11.5 Å². The summed E-state index contributed by atoms with van der Waals surface area (Å²) in [6, 6.07) is 12.5. The number of carbonyl (C=O) groups is 1. The van der Waals surface area contributed by atoms with Gasteiger partial charge < -0.3 is 14.8 Å². The highest BCUT2D eigenvalue weighted by atomic mass is 16.6. The summed E-state index contributed by atoms with van der Waals surface area (Å²) in [6.45, 7) is 2.16. The first kappa shape index (κ1) is 15.8. The Balaban J connectivity index is 1.63. The van der Waals surface area contributed by atoms with Crippen LogP contribution in [0.3, 0.4) is 0 Å². The Morgan fingerprint density at radius 3 is 2.54 bits per heavy atom. The number of hydrogen-bond donors (Lipinski definition) is 1. The lowest BCUT2D eigenvalue weighted by molar-refractivity contribution is -0.384. The van der Waals surface area contributed by atoms with Gasteiger partial charge in [0, 0.05) is 17.7 Å². The van der Waals surface area contributed by atoms with Crippen molar-refractivity contribution in [2.45, 2.75) is 19.1 Å². The number of hydrogen-bond acceptors (Lipinski definition) is 5. The summed E-state index contributed by atoms with van der Waals surface area (Å²) in [5.41, 5.74) is 0.296. The fraction of sp³-hybridized carbons (Fsp3) is 0.235. The number of nitrogens with zero attached hydrogens (tertiary/aromatic N) is 1. The van der Waals surface area contributed by atoms with Gasteiger partial charge in [-0.25, -0.2) is 0 Å². The smallest absolute Gasteiger partial charge is 0.269 e. The molecule has 2 aromatic rings. The molecule has 0 bridgehead atoms. The SMILES string of the molecule is C[C@H](NC(=O)c1ccc([N+](=O)[O-])cc1)[C@H]1COc2ccccc2O1. The molecule has 7 heteroatoms. The molecule has 0 aromatic heterocycles. The first-order valence-corrected chi connectivity index (χ1v) is 7.48. The van der Waals surface area contributed by atoms with Gasteiger partial charge in [0.25, 0.3) is 11.6 Å². The lowest BCUT2D eigenvalue weighted by Gasteiger charge is -2.30. The van der Waals surface area contributed by atoms with Gasteiger partial charge in [-0.3, -0.25) is 14.9 Å². The summed E-state index contributed by atoms with van der Waals surface area (Å²) in [7, 11) is 0. The minimum atomic E-state index is -0.505. The third-order valence-electron chi connectivity index (χ3n) is 3.79. The van der Waals surface area contributed by atoms with Gasteiger partial charge >= 0.3 is 0 Å². The van der Waals surface area contributed by atoms with Gasteiger partial charge in [-0.15, -0.1) is 0 Å². The number of non-ortho nitro benzene ring substituents is 1. The fourth-order valence-corrected chi connectivity index (χ4v) is 2.40. The van der Waals surface area contributed by atoms with Gasteiger partial charge in [-0.2, -0.15) is 0 Å². The van der Waals surface area contributed by atoms with Crippen LogP contribution in [0, 0.1) is 10.1 Å². The van der Waals surface area contributed by atoms with Crippen molar-refractivity contribution < 1.29 is 19.2 Å². The van der Waals surface area contributed by atoms with E-state index in [1.165, 1.54) is 24.3 Å². The number of rotatable bonds is 4. The highest BCUT2D eigenvalue weighted by molar-refractivity contribution is 5.94. The molecule has 1 heterocycles. The Morgan fingerprint density at radius 2 is 1.88 bits per heavy atom. The Labute approximate surface area is 138 Å². The van der Waals surface area contributed by atoms with Crippen LogP contribution in [0.5, 0.6) is 11.5 Å². The Bertz CT molecular complexity index is 760. The number of nitrogens with one attached hydrogen (secondary N) is 1. The Kier molecular flexibility index (Phi) is 4.33. The molecule has 1 aliphatic rings. The highest BCUT2D eigenvalue weighted by Gasteiger charge is 2.27. The van der Waals surface area contributed by atoms with Crippen molar-refractivity contribution in [2.75, 3.05) is 6.61 Å². The first-order chi connectivity index (χ1) is 11.5. The van der Waals surface area contributed by atoms with Crippen molar-refractivity contribution in [1.29, 1.82) is 0 Å². The number of amides is 1. The lowest BCUT2D eigenvalue weighted by Crippen LogP contribution is -2.48. The molecule has 0 aliphatic carbocycles. The quantitative estimate of drug-likeness (QED) is 0.688. The van der Waals surface area contributed by atoms with Crippen LogP contribution in [0.1, 0.15) is 17.3 Å². The maximum absolute atomic E-state index is 12.2. The molecule has 2 atom stereocenters. The summed E-state index contributed by atoms with van der Waals surface area (Å²) < 4.78 is 11.5. The zero-order chi connectivity index (χ0) is 17.1. The third kappa shape index (κ3) is 3.29. The van der Waals surface area contributed by atoms with Crippen LogP contribution in [0.25, 0.3) is 0 Å². The largest absolute Gasteiger partial charge is 0.486 e. The molecule has 24 heavy (non-hydrogen) atoms. The van der Waals surface area contributed by atoms with E-state index in [4.69, 9.17) is 9.47 Å². The van der Waals surface area contributed by atoms with Crippen LogP contribution in [0.15, 0.2) is 48.5 Å². The molecule has 0 unspecified atom stereocenters. The van der Waals surface area contributed by atoms with E-state index in [0.29, 0.717) is 23.7 Å². The molecule has 0 spiro atoms. The molecule has 0 saturated carbocycles. The average molecular weight is 328 g/mol. The second-order valence-corrected chi connectivity index (χ2v) is 5.48. The van der Waals surface area contributed by atoms with Gasteiger partial charge in [-0.05, 0) is 31.2 Å². The monoisotopic (exact) mass is 328 g/mol. The van der Waals surface area contributed by atoms with Gasteiger partial charge in [0.1, 0.15) is 6.61 Å². The lowest BCUT2D eigenvalue weighted by atomic mass is 10.1. The molecule has 0 radical (unpaired) electrons. The van der Waals surface area contributed by atoms with E-state index in [-0.39, 0.29) is 23.7 Å². The van der Waals surface area contributed by atoms with Crippen LogP contribution >= 0.6 is 0 Å². The summed E-state index contributed by atoms with van der Waals surface area (Å²) in [4.78, 5) is 22.4. The second kappa shape index (κ2) is 6.57. The van der Waals surface area contributed by atoms with E-state index in [0.717, 1.165) is 0 Å². The molecule has 124 valence electrons. The molecular formula is C17H16N2O5. The summed E-state index contributed by atoms with van der Waals surface area (Å²) in [5, 5.41) is 13.5. The third-order valence-corrected chi connectivity index (χ3v) is 3.79. The predicted octanol–water partition coefficient (Wildman–Crippen LogP) is 2.55. The number of ether oxygens (including phenoxy) is 2. The second-order valence-electron chi connectivity index (χ2n) is 5.48. The maximum atomic E-state index is 12.2. The van der Waals surface area contributed by atoms with E-state index >= 15 is 0 Å². The number of nitro benzene ring substituents is 1. The zero-order valence-electron chi connectivity index (χ0n) is 13.0. The van der Waals surface area contributed by atoms with E-state index in [1.54, 1.807) is 0 Å². The number of nitro groups is 1. The topological polar surface area (TPSA) is 90.7 Å². The normalized spacial score (nSPS) is 17.0. The minimum absolute atomic E-state index is 0.0554. The number of carbonyl (C=O) groups excluding carboxylic acids is 1. The van der Waals surface area contributed by atoms with Crippen LogP contribution < -0.4 is 14.8 Å². The standard InChI is InChI=1S/C17H16N2O5/c1-11(16-10-23-14-4-2-3-5-15(14)24-16)18-17(20)12-6-8-13(9-7-12)19(21)22/h2-9,11,16H,10H2,1H3,(H,18,20)/t11-,16+/m0/s1. The maximum Gasteiger partial charge on any atom is 0.269 e. The van der Waals surface area contributed by atoms with Crippen molar-refractivity contribution in [3.05, 3.63) is 64.2 Å². The number of fused-ring (bicyclic) bond motifs is 1. The average Bonchev–Trinajstić information content (AvgIpc) is 2.61. The molecule has 7 nitrogen and oxygen atoms in total. The molecular weight excluding hydrogens is 312 g/mol. The van der Waals surface area contributed by atoms with Crippen molar-refractivity contribution in [2.24, 2.45) is 0 Å². The summed E-state index contributed by atoms with van der Waals surface area (Å²) >= 11 is 0. The Morgan fingerprint density at radius 1 is 1.21 bits per heavy atom. The van der Waals surface area contributed by atoms with Crippen molar-refractivity contribution in [1.82, 2.24) is 5.32 Å². The molecule has 0 saturated heterocycles. The number of para-hydroxylation sites is 2. The van der Waals surface area contributed by atoms with E-state index in [9.17, 15) is 14.9 Å². The summed E-state index contributed by atoms with van der Waals surface area (Å²) in [5.74, 6) is 1.01. The van der Waals surface area contributed by atoms with Crippen LogP contribution in [0.4, 0.5) is 5.69 Å². The van der Waals surface area contributed by atoms with Crippen molar-refractivity contribution in [3.63, 3.8) is 0 Å². The first-order valence-electron chi connectivity index (χ1n) is 7.48. The molecule has 3 rings (SSSR count).